The van der Waals surface area contributed by atoms with Crippen LogP contribution in [0.15, 0.2) is 36.4 Å². The third-order valence-corrected chi connectivity index (χ3v) is 15.4. The minimum atomic E-state index is -1.00. The second-order valence-electron chi connectivity index (χ2n) is 17.4. The lowest BCUT2D eigenvalue weighted by molar-refractivity contribution is -0.136. The molecular weight excluding hydrogens is 636 g/mol. The van der Waals surface area contributed by atoms with Crippen LogP contribution in [0.4, 0.5) is 0 Å². The smallest absolute Gasteiger partial charge is 0.311 e. The maximum atomic E-state index is 12.8. The molecule has 0 spiro atoms. The molecule has 6 heteroatoms. The predicted octanol–water partition coefficient (Wildman–Crippen LogP) is 7.81. The zero-order valence-electron chi connectivity index (χ0n) is 30.2. The molecule has 2 aromatic carbocycles. The average molecular weight is 689 g/mol. The second kappa shape index (κ2) is 12.5. The molecule has 2 N–H and O–H groups in total. The Morgan fingerprint density at radius 1 is 0.686 bits per heavy atom. The molecule has 6 aliphatic carbocycles. The van der Waals surface area contributed by atoms with E-state index in [4.69, 9.17) is 22.3 Å². The number of benzene rings is 2. The van der Waals surface area contributed by atoms with Gasteiger partial charge in [-0.3, -0.25) is 9.59 Å². The number of rotatable bonds is 6. The number of carbonyl (C=O) groups excluding carboxylic acids is 2. The largest absolute Gasteiger partial charge is 0.427 e. The van der Waals surface area contributed by atoms with Crippen LogP contribution in [0.25, 0.3) is 0 Å². The quantitative estimate of drug-likeness (QED) is 0.183. The molecule has 0 bridgehead atoms. The molecule has 0 heterocycles. The van der Waals surface area contributed by atoms with Crippen molar-refractivity contribution in [2.45, 2.75) is 133 Å². The molecule has 6 nitrogen and oxygen atoms in total. The van der Waals surface area contributed by atoms with Gasteiger partial charge in [0.1, 0.15) is 22.7 Å². The number of fused-ring (bicyclic) bond motifs is 10. The molecule has 2 aromatic rings. The fraction of sp³-hybridized carbons (Fsp3) is 0.600. The number of aryl methyl sites for hydroxylation is 2. The van der Waals surface area contributed by atoms with Crippen LogP contribution < -0.4 is 9.47 Å². The number of aliphatic hydroxyl groups is 2. The molecule has 0 amide bonds. The molecule has 10 atom stereocenters. The lowest BCUT2D eigenvalue weighted by atomic mass is 9.53. The number of ether oxygens (including phenoxy) is 2. The van der Waals surface area contributed by atoms with E-state index < -0.39 is 11.2 Å². The lowest BCUT2D eigenvalue weighted by Gasteiger charge is -2.52. The maximum Gasteiger partial charge on any atom is 0.311 e. The Kier molecular flexibility index (Phi) is 8.48. The highest BCUT2D eigenvalue weighted by Gasteiger charge is 2.62. The van der Waals surface area contributed by atoms with E-state index in [1.165, 1.54) is 22.3 Å². The van der Waals surface area contributed by atoms with Crippen LogP contribution in [0.3, 0.4) is 0 Å². The van der Waals surface area contributed by atoms with Gasteiger partial charge < -0.3 is 19.7 Å². The van der Waals surface area contributed by atoms with Gasteiger partial charge in [-0.1, -0.05) is 37.8 Å². The van der Waals surface area contributed by atoms with Gasteiger partial charge >= 0.3 is 11.9 Å². The van der Waals surface area contributed by atoms with Crippen molar-refractivity contribution in [1.29, 1.82) is 0 Å². The summed E-state index contributed by atoms with van der Waals surface area (Å²) in [6.07, 6.45) is 23.4. The van der Waals surface area contributed by atoms with E-state index in [2.05, 4.69) is 37.8 Å². The van der Waals surface area contributed by atoms with Crippen LogP contribution in [-0.4, -0.2) is 33.4 Å². The molecule has 8 rings (SSSR count). The minimum absolute atomic E-state index is 0.136. The third-order valence-electron chi connectivity index (χ3n) is 15.4. The van der Waals surface area contributed by atoms with Crippen LogP contribution in [0.2, 0.25) is 0 Å². The molecule has 0 aliphatic heterocycles. The van der Waals surface area contributed by atoms with E-state index in [9.17, 15) is 19.8 Å². The number of hydrogen-bond acceptors (Lipinski definition) is 6. The van der Waals surface area contributed by atoms with Crippen molar-refractivity contribution in [2.75, 3.05) is 0 Å². The van der Waals surface area contributed by atoms with E-state index >= 15 is 0 Å². The number of hydrogen-bond donors (Lipinski definition) is 2. The van der Waals surface area contributed by atoms with Gasteiger partial charge in [-0.25, -0.2) is 0 Å². The van der Waals surface area contributed by atoms with Crippen LogP contribution >= 0.6 is 0 Å². The van der Waals surface area contributed by atoms with Crippen LogP contribution in [0.5, 0.6) is 11.5 Å². The van der Waals surface area contributed by atoms with E-state index in [-0.39, 0.29) is 35.6 Å². The normalized spacial score (nSPS) is 38.7. The van der Waals surface area contributed by atoms with Crippen LogP contribution in [-0.2, 0) is 22.4 Å². The highest BCUT2D eigenvalue weighted by atomic mass is 16.5. The van der Waals surface area contributed by atoms with E-state index in [1.54, 1.807) is 0 Å². The summed E-state index contributed by atoms with van der Waals surface area (Å²) in [6.45, 7) is 4.40. The van der Waals surface area contributed by atoms with Crippen LogP contribution in [0.1, 0.15) is 131 Å². The fourth-order valence-corrected chi connectivity index (χ4v) is 12.5. The lowest BCUT2D eigenvalue weighted by Crippen LogP contribution is -2.50. The first-order valence-corrected chi connectivity index (χ1v) is 19.5. The molecule has 4 saturated carbocycles. The van der Waals surface area contributed by atoms with Crippen molar-refractivity contribution < 1.29 is 29.3 Å². The fourth-order valence-electron chi connectivity index (χ4n) is 12.5. The highest BCUT2D eigenvalue weighted by molar-refractivity contribution is 5.75. The molecule has 51 heavy (non-hydrogen) atoms. The van der Waals surface area contributed by atoms with Gasteiger partial charge in [0.2, 0.25) is 0 Å². The van der Waals surface area contributed by atoms with Gasteiger partial charge in [0.05, 0.1) is 0 Å². The summed E-state index contributed by atoms with van der Waals surface area (Å²) in [4.78, 5) is 25.6. The first-order chi connectivity index (χ1) is 24.4. The Balaban J connectivity index is 0.822. The van der Waals surface area contributed by atoms with Crippen molar-refractivity contribution in [3.05, 3.63) is 58.7 Å². The molecule has 0 saturated heterocycles. The Bertz CT molecular complexity index is 1700. The molecule has 0 aromatic heterocycles. The topological polar surface area (TPSA) is 93.1 Å². The van der Waals surface area contributed by atoms with Crippen molar-refractivity contribution in [3.8, 4) is 36.2 Å². The van der Waals surface area contributed by atoms with Gasteiger partial charge in [-0.15, -0.1) is 12.8 Å². The van der Waals surface area contributed by atoms with Crippen LogP contribution in [0, 0.1) is 59.2 Å². The number of esters is 2. The summed E-state index contributed by atoms with van der Waals surface area (Å²) in [5.41, 5.74) is 2.74. The molecule has 6 aliphatic rings. The van der Waals surface area contributed by atoms with Gasteiger partial charge in [0.15, 0.2) is 0 Å². The first-order valence-electron chi connectivity index (χ1n) is 19.5. The van der Waals surface area contributed by atoms with Crippen molar-refractivity contribution >= 4 is 11.9 Å². The van der Waals surface area contributed by atoms with Gasteiger partial charge in [0.25, 0.3) is 0 Å². The minimum Gasteiger partial charge on any atom is -0.427 e. The maximum absolute atomic E-state index is 12.8. The van der Waals surface area contributed by atoms with Crippen molar-refractivity contribution in [3.63, 3.8) is 0 Å². The van der Waals surface area contributed by atoms with E-state index in [1.807, 2.05) is 24.3 Å². The van der Waals surface area contributed by atoms with Gasteiger partial charge in [-0.2, -0.15) is 0 Å². The Hall–Kier alpha value is -3.58. The average Bonchev–Trinajstić information content (AvgIpc) is 3.56. The Morgan fingerprint density at radius 3 is 1.53 bits per heavy atom. The molecule has 4 fully saturated rings. The second-order valence-corrected chi connectivity index (χ2v) is 17.4. The molecule has 268 valence electrons. The standard InChI is InChI=1S/C45H52O6/c1-5-44(48)24-20-38-36-14-10-28-26-30(12-16-32(28)34(36)18-22-42(38,44)3)50-40(46)8-7-9-41(47)51-31-13-17-33-29(27-31)11-15-37-35(33)19-23-43(4)39(37)21-25-45(43,49)6-2/h1-2,12-13,16-17,26-27,34-39,48-49H,7-11,14-15,18-25H2,3-4H3/t34?,35?,36?,37?,38?,39?,42-,43-,44-,45-/m0/s1. The zero-order valence-corrected chi connectivity index (χ0v) is 30.2. The monoisotopic (exact) mass is 688 g/mol. The van der Waals surface area contributed by atoms with E-state index in [0.717, 1.165) is 64.2 Å². The van der Waals surface area contributed by atoms with Crippen molar-refractivity contribution in [2.24, 2.45) is 34.5 Å². The first kappa shape index (κ1) is 34.5. The van der Waals surface area contributed by atoms with E-state index in [0.29, 0.717) is 66.3 Å². The SMILES string of the molecule is C#C[C@]1(O)CCC2C3CCc4cc(OC(=O)CCCC(=O)Oc5ccc6c(c5)CCC5C6CC[C@@]6(C)C5CC[C@@]6(O)C#C)ccc4C3CC[C@@]21C. The third kappa shape index (κ3) is 5.38. The summed E-state index contributed by atoms with van der Waals surface area (Å²) in [5.74, 6) is 8.69. The van der Waals surface area contributed by atoms with Crippen molar-refractivity contribution in [1.82, 2.24) is 0 Å². The molecular formula is C45H52O6. The van der Waals surface area contributed by atoms with Gasteiger partial charge in [0, 0.05) is 23.7 Å². The predicted molar refractivity (Wildman–Crippen MR) is 195 cm³/mol. The summed E-state index contributed by atoms with van der Waals surface area (Å²) in [5, 5.41) is 22.4. The molecule has 6 unspecified atom stereocenters. The summed E-state index contributed by atoms with van der Waals surface area (Å²) >= 11 is 0. The summed E-state index contributed by atoms with van der Waals surface area (Å²) in [6, 6.07) is 12.1. The summed E-state index contributed by atoms with van der Waals surface area (Å²) < 4.78 is 11.5. The Morgan fingerprint density at radius 2 is 1.12 bits per heavy atom. The highest BCUT2D eigenvalue weighted by Crippen LogP contribution is 2.65. The number of carbonyl (C=O) groups is 2. The van der Waals surface area contributed by atoms with Gasteiger partial charge in [-0.05, 0) is 165 Å². The summed E-state index contributed by atoms with van der Waals surface area (Å²) in [7, 11) is 0. The number of terminal acetylenes is 2. The molecule has 0 radical (unpaired) electrons. The zero-order chi connectivity index (χ0) is 35.8. The Labute approximate surface area is 303 Å².